The molecule has 0 spiro atoms. The van der Waals surface area contributed by atoms with E-state index in [1.54, 1.807) is 54.5 Å². The number of amides is 3. The Morgan fingerprint density at radius 3 is 2.42 bits per heavy atom. The number of allylic oxidation sites excluding steroid dienone is 1. The zero-order valence-electron chi connectivity index (χ0n) is 31.5. The average molecular weight is 730 g/mol. The van der Waals surface area contributed by atoms with E-state index in [4.69, 9.17) is 9.73 Å². The van der Waals surface area contributed by atoms with E-state index in [1.807, 2.05) is 26.1 Å². The number of hydrogen-bond donors (Lipinski definition) is 4. The van der Waals surface area contributed by atoms with Gasteiger partial charge in [0.05, 0.1) is 18.5 Å². The van der Waals surface area contributed by atoms with Crippen LogP contribution < -0.4 is 20.7 Å². The number of carbonyl (C=O) groups excluding carboxylic acids is 3. The van der Waals surface area contributed by atoms with E-state index in [0.29, 0.717) is 35.8 Å². The Hall–Kier alpha value is -4.91. The summed E-state index contributed by atoms with van der Waals surface area (Å²) in [4.78, 5) is 62.0. The van der Waals surface area contributed by atoms with Gasteiger partial charge in [0, 0.05) is 44.2 Å². The van der Waals surface area contributed by atoms with Crippen molar-refractivity contribution in [2.75, 3.05) is 45.8 Å². The Labute approximate surface area is 312 Å². The highest BCUT2D eigenvalue weighted by Crippen LogP contribution is 2.33. The van der Waals surface area contributed by atoms with Crippen molar-refractivity contribution in [3.8, 4) is 5.75 Å². The van der Waals surface area contributed by atoms with Crippen molar-refractivity contribution in [1.82, 2.24) is 25.3 Å². The number of likely N-dealkylation sites (N-methyl/N-ethyl adjacent to an activating group) is 1. The molecule has 2 aliphatic heterocycles. The zero-order chi connectivity index (χ0) is 37.9. The highest BCUT2D eigenvalue weighted by molar-refractivity contribution is 6.07. The van der Waals surface area contributed by atoms with E-state index < -0.39 is 12.0 Å². The van der Waals surface area contributed by atoms with Gasteiger partial charge < -0.3 is 40.5 Å². The number of ether oxygens (including phenoxy) is 1. The van der Waals surface area contributed by atoms with Crippen LogP contribution >= 0.6 is 0 Å². The molecule has 2 saturated heterocycles. The number of likely N-dealkylation sites (tertiary alicyclic amines) is 1. The molecule has 0 radical (unpaired) electrons. The van der Waals surface area contributed by atoms with Crippen molar-refractivity contribution >= 4 is 35.2 Å². The van der Waals surface area contributed by atoms with Gasteiger partial charge in [-0.3, -0.25) is 14.4 Å². The lowest BCUT2D eigenvalue weighted by Crippen LogP contribution is -2.60. The van der Waals surface area contributed by atoms with Crippen molar-refractivity contribution < 1.29 is 29.0 Å². The second-order valence-electron chi connectivity index (χ2n) is 14.0. The zero-order valence-corrected chi connectivity index (χ0v) is 31.5. The van der Waals surface area contributed by atoms with Crippen LogP contribution in [0.25, 0.3) is 0 Å². The smallest absolute Gasteiger partial charge is 0.330 e. The van der Waals surface area contributed by atoms with E-state index in [9.17, 15) is 24.3 Å². The quantitative estimate of drug-likeness (QED) is 0.203. The van der Waals surface area contributed by atoms with Gasteiger partial charge in [0.25, 0.3) is 5.91 Å². The van der Waals surface area contributed by atoms with Crippen molar-refractivity contribution in [3.63, 3.8) is 0 Å². The number of aliphatic carboxylic acids is 1. The molecular formula is C40H55N7O6. The first-order valence-corrected chi connectivity index (χ1v) is 18.9. The molecule has 1 aliphatic carbocycles. The third kappa shape index (κ3) is 9.75. The van der Waals surface area contributed by atoms with Gasteiger partial charge in [-0.25, -0.2) is 9.79 Å². The van der Waals surface area contributed by atoms with Crippen LogP contribution in [0, 0.1) is 0 Å². The van der Waals surface area contributed by atoms with Crippen LogP contribution in [0.5, 0.6) is 5.75 Å². The summed E-state index contributed by atoms with van der Waals surface area (Å²) < 4.78 is 5.67. The highest BCUT2D eigenvalue weighted by atomic mass is 16.5. The fraction of sp³-hybridized carbons (Fsp3) is 0.525. The second kappa shape index (κ2) is 18.7. The van der Waals surface area contributed by atoms with Gasteiger partial charge in [0.1, 0.15) is 24.3 Å². The monoisotopic (exact) mass is 729 g/mol. The molecule has 2 aromatic carbocycles. The van der Waals surface area contributed by atoms with Crippen LogP contribution in [0.4, 0.5) is 5.69 Å². The molecule has 1 saturated carbocycles. The van der Waals surface area contributed by atoms with E-state index in [0.717, 1.165) is 75.4 Å². The van der Waals surface area contributed by atoms with Gasteiger partial charge in [-0.05, 0) is 75.8 Å². The van der Waals surface area contributed by atoms with Gasteiger partial charge >= 0.3 is 5.97 Å². The van der Waals surface area contributed by atoms with Crippen LogP contribution in [0.2, 0.25) is 0 Å². The first-order chi connectivity index (χ1) is 25.6. The van der Waals surface area contributed by atoms with Gasteiger partial charge in [0.2, 0.25) is 11.8 Å². The van der Waals surface area contributed by atoms with Crippen LogP contribution in [-0.4, -0.2) is 108 Å². The number of methoxy groups -OCH3 is 1. The first kappa shape index (κ1) is 39.3. The predicted molar refractivity (Wildman–Crippen MR) is 205 cm³/mol. The number of anilines is 1. The second-order valence-corrected chi connectivity index (χ2v) is 14.0. The number of nitrogens with zero attached hydrogens (tertiary/aromatic N) is 4. The van der Waals surface area contributed by atoms with Gasteiger partial charge in [-0.15, -0.1) is 0 Å². The Bertz CT molecular complexity index is 1650. The molecule has 2 unspecified atom stereocenters. The molecule has 2 aromatic rings. The first-order valence-electron chi connectivity index (χ1n) is 18.9. The maximum absolute atomic E-state index is 13.3. The Morgan fingerprint density at radius 1 is 1.06 bits per heavy atom. The van der Waals surface area contributed by atoms with Crippen LogP contribution in [0.3, 0.4) is 0 Å². The number of carbonyl (C=O) groups is 4. The molecular weight excluding hydrogens is 674 g/mol. The summed E-state index contributed by atoms with van der Waals surface area (Å²) in [6.07, 6.45) is 9.53. The standard InChI is InChI=1S/C40H55N7O6/c1-5-32-37(47(30-15-10-11-16-30)33(6-2)39(50)45(32)3)42-26-41-31-19-18-28(25-34(31)53-4)38(49)43-29-20-23-46(24-21-29)22-12-17-35(48)44-36(40(51)52)27-13-8-7-9-14-27/h5,7-9,13-14,18-19,25,29-30,33,36,41H,6,10-12,15-17,20-24,26H2,1-4H3,(H,43,49)(H,44,48)(H,51,52)/b32-5+,42-37+. The molecule has 3 amide bonds. The summed E-state index contributed by atoms with van der Waals surface area (Å²) in [6, 6.07) is 13.1. The number of carboxylic acids is 1. The topological polar surface area (TPSA) is 156 Å². The fourth-order valence-corrected chi connectivity index (χ4v) is 7.73. The Balaban J connectivity index is 1.10. The number of piperazine rings is 1. The summed E-state index contributed by atoms with van der Waals surface area (Å²) in [7, 11) is 3.40. The molecule has 0 aromatic heterocycles. The molecule has 3 fully saturated rings. The molecule has 53 heavy (non-hydrogen) atoms. The summed E-state index contributed by atoms with van der Waals surface area (Å²) in [5, 5.41) is 18.7. The molecule has 4 N–H and O–H groups in total. The Kier molecular flexibility index (Phi) is 13.9. The number of piperidine rings is 1. The largest absolute Gasteiger partial charge is 0.495 e. The van der Waals surface area contributed by atoms with Gasteiger partial charge in [-0.1, -0.05) is 56.2 Å². The minimum absolute atomic E-state index is 0.0277. The van der Waals surface area contributed by atoms with Crippen LogP contribution in [0.1, 0.15) is 93.6 Å². The van der Waals surface area contributed by atoms with E-state index in [-0.39, 0.29) is 42.9 Å². The number of nitrogens with one attached hydrogen (secondary N) is 3. The predicted octanol–water partition coefficient (Wildman–Crippen LogP) is 4.78. The van der Waals surface area contributed by atoms with Crippen LogP contribution in [0.15, 0.2) is 65.3 Å². The summed E-state index contributed by atoms with van der Waals surface area (Å²) in [5.74, 6) is -0.0662. The third-order valence-corrected chi connectivity index (χ3v) is 10.6. The molecule has 0 bridgehead atoms. The van der Waals surface area contributed by atoms with Crippen molar-refractivity contribution in [1.29, 1.82) is 0 Å². The lowest BCUT2D eigenvalue weighted by atomic mass is 10.0. The number of rotatable bonds is 15. The normalized spacial score (nSPS) is 20.8. The molecule has 5 rings (SSSR count). The van der Waals surface area contributed by atoms with Crippen LogP contribution in [-0.2, 0) is 14.4 Å². The summed E-state index contributed by atoms with van der Waals surface area (Å²) in [5.41, 5.74) is 2.58. The molecule has 13 heteroatoms. The number of amidine groups is 1. The molecule has 286 valence electrons. The molecule has 13 nitrogen and oxygen atoms in total. The fourth-order valence-electron chi connectivity index (χ4n) is 7.73. The summed E-state index contributed by atoms with van der Waals surface area (Å²) >= 11 is 0. The molecule has 2 atom stereocenters. The minimum Gasteiger partial charge on any atom is -0.495 e. The minimum atomic E-state index is -1.09. The van der Waals surface area contributed by atoms with Crippen molar-refractivity contribution in [2.45, 2.75) is 95.8 Å². The Morgan fingerprint density at radius 2 is 1.77 bits per heavy atom. The number of hydrogen-bond acceptors (Lipinski definition) is 8. The van der Waals surface area contributed by atoms with Gasteiger partial charge in [-0.2, -0.15) is 0 Å². The van der Waals surface area contributed by atoms with E-state index in [1.165, 1.54) is 0 Å². The highest BCUT2D eigenvalue weighted by Gasteiger charge is 2.42. The van der Waals surface area contributed by atoms with Crippen molar-refractivity contribution in [2.24, 2.45) is 4.99 Å². The van der Waals surface area contributed by atoms with Crippen molar-refractivity contribution in [3.05, 3.63) is 71.4 Å². The maximum Gasteiger partial charge on any atom is 0.330 e. The number of aliphatic imine (C=N–C) groups is 1. The van der Waals surface area contributed by atoms with E-state index in [2.05, 4.69) is 32.7 Å². The lowest BCUT2D eigenvalue weighted by molar-refractivity contribution is -0.142. The van der Waals surface area contributed by atoms with Gasteiger partial charge in [0.15, 0.2) is 6.04 Å². The summed E-state index contributed by atoms with van der Waals surface area (Å²) in [6.45, 7) is 6.57. The molecule has 2 heterocycles. The van der Waals surface area contributed by atoms with E-state index >= 15 is 0 Å². The third-order valence-electron chi connectivity index (χ3n) is 10.6. The maximum atomic E-state index is 13.3. The number of carboxylic acid groups (broad SMARTS) is 1. The lowest BCUT2D eigenvalue weighted by Gasteiger charge is -2.45. The SMILES string of the molecule is C/C=C1\C(=N/CNc2ccc(C(=O)NC3CCN(CCCC(=O)NC(C(=O)O)c4ccccc4)CC3)cc2OC)N(C2CCCC2)C(CC)C(=O)N1C. The molecule has 3 aliphatic rings. The number of benzene rings is 2. The average Bonchev–Trinajstić information content (AvgIpc) is 3.71.